The number of para-hydroxylation sites is 1. The van der Waals surface area contributed by atoms with Crippen LogP contribution in [0.2, 0.25) is 0 Å². The van der Waals surface area contributed by atoms with Crippen LogP contribution in [0.4, 0.5) is 0 Å². The summed E-state index contributed by atoms with van der Waals surface area (Å²) in [5, 5.41) is 4.79. The standard InChI is InChI=1S/C20H13BrN2O3/c21-15-7-5-13(6-8-15)18-10-9-16(25-18)12-22-23-20(24)19-11-14-3-1-2-4-17(14)26-19/h1-12H,(H,23,24)/b22-12-. The van der Waals surface area contributed by atoms with Gasteiger partial charge in [-0.1, -0.05) is 46.3 Å². The Labute approximate surface area is 157 Å². The number of halogens is 1. The predicted molar refractivity (Wildman–Crippen MR) is 103 cm³/mol. The highest BCUT2D eigenvalue weighted by Crippen LogP contribution is 2.23. The van der Waals surface area contributed by atoms with E-state index in [1.807, 2.05) is 54.6 Å². The highest BCUT2D eigenvalue weighted by Gasteiger charge is 2.11. The van der Waals surface area contributed by atoms with E-state index in [0.29, 0.717) is 11.3 Å². The van der Waals surface area contributed by atoms with E-state index in [1.165, 1.54) is 6.21 Å². The summed E-state index contributed by atoms with van der Waals surface area (Å²) in [5.41, 5.74) is 4.05. The normalized spacial score (nSPS) is 11.3. The number of hydrogen-bond donors (Lipinski definition) is 1. The summed E-state index contributed by atoms with van der Waals surface area (Å²) in [6, 6.07) is 20.5. The number of carbonyl (C=O) groups is 1. The summed E-state index contributed by atoms with van der Waals surface area (Å²) in [4.78, 5) is 12.1. The number of carbonyl (C=O) groups excluding carboxylic acids is 1. The fraction of sp³-hybridized carbons (Fsp3) is 0. The van der Waals surface area contributed by atoms with Crippen LogP contribution in [0.1, 0.15) is 16.3 Å². The van der Waals surface area contributed by atoms with Gasteiger partial charge in [-0.2, -0.15) is 5.10 Å². The molecule has 6 heteroatoms. The zero-order chi connectivity index (χ0) is 17.9. The highest BCUT2D eigenvalue weighted by atomic mass is 79.9. The molecule has 0 aliphatic carbocycles. The molecule has 5 nitrogen and oxygen atoms in total. The van der Waals surface area contributed by atoms with E-state index in [0.717, 1.165) is 21.2 Å². The van der Waals surface area contributed by atoms with Gasteiger partial charge in [0.15, 0.2) is 5.76 Å². The molecule has 4 rings (SSSR count). The molecule has 128 valence electrons. The van der Waals surface area contributed by atoms with Crippen molar-refractivity contribution in [2.45, 2.75) is 0 Å². The smallest absolute Gasteiger partial charge is 0.307 e. The van der Waals surface area contributed by atoms with Crippen LogP contribution < -0.4 is 5.43 Å². The Bertz CT molecular complexity index is 1060. The van der Waals surface area contributed by atoms with Crippen LogP contribution in [0.3, 0.4) is 0 Å². The van der Waals surface area contributed by atoms with Crippen LogP contribution in [-0.4, -0.2) is 12.1 Å². The lowest BCUT2D eigenvalue weighted by Crippen LogP contribution is -2.16. The summed E-state index contributed by atoms with van der Waals surface area (Å²) < 4.78 is 12.2. The van der Waals surface area contributed by atoms with E-state index >= 15 is 0 Å². The number of nitrogens with zero attached hydrogens (tertiary/aromatic N) is 1. The van der Waals surface area contributed by atoms with Crippen LogP contribution >= 0.6 is 15.9 Å². The van der Waals surface area contributed by atoms with E-state index in [2.05, 4.69) is 26.5 Å². The Kier molecular flexibility index (Phi) is 4.41. The van der Waals surface area contributed by atoms with Crippen LogP contribution in [0, 0.1) is 0 Å². The van der Waals surface area contributed by atoms with E-state index in [9.17, 15) is 4.79 Å². The van der Waals surface area contributed by atoms with Gasteiger partial charge in [-0.25, -0.2) is 5.43 Å². The van der Waals surface area contributed by atoms with Gasteiger partial charge in [0.25, 0.3) is 0 Å². The molecular weight excluding hydrogens is 396 g/mol. The van der Waals surface area contributed by atoms with Crippen molar-refractivity contribution in [2.75, 3.05) is 0 Å². The molecule has 0 aliphatic rings. The zero-order valence-corrected chi connectivity index (χ0v) is 15.1. The number of rotatable bonds is 4. The second-order valence-corrected chi connectivity index (χ2v) is 6.47. The van der Waals surface area contributed by atoms with E-state index in [-0.39, 0.29) is 5.76 Å². The van der Waals surface area contributed by atoms with Crippen molar-refractivity contribution in [3.8, 4) is 11.3 Å². The molecule has 0 radical (unpaired) electrons. The van der Waals surface area contributed by atoms with Gasteiger partial charge >= 0.3 is 5.91 Å². The Balaban J connectivity index is 1.43. The minimum atomic E-state index is -0.419. The summed E-state index contributed by atoms with van der Waals surface area (Å²) in [7, 11) is 0. The van der Waals surface area contributed by atoms with Crippen molar-refractivity contribution in [1.29, 1.82) is 0 Å². The minimum absolute atomic E-state index is 0.207. The first-order valence-corrected chi connectivity index (χ1v) is 8.66. The molecule has 0 saturated carbocycles. The fourth-order valence-electron chi connectivity index (χ4n) is 2.49. The summed E-state index contributed by atoms with van der Waals surface area (Å²) in [6.07, 6.45) is 1.45. The molecule has 4 aromatic rings. The van der Waals surface area contributed by atoms with Crippen molar-refractivity contribution in [3.63, 3.8) is 0 Å². The number of amides is 1. The molecule has 0 saturated heterocycles. The average Bonchev–Trinajstić information content (AvgIpc) is 3.29. The molecular formula is C20H13BrN2O3. The monoisotopic (exact) mass is 408 g/mol. The fourth-order valence-corrected chi connectivity index (χ4v) is 2.76. The highest BCUT2D eigenvalue weighted by molar-refractivity contribution is 9.10. The molecule has 2 aromatic carbocycles. The first kappa shape index (κ1) is 16.4. The topological polar surface area (TPSA) is 67.7 Å². The minimum Gasteiger partial charge on any atom is -0.455 e. The van der Waals surface area contributed by atoms with E-state index in [4.69, 9.17) is 8.83 Å². The third kappa shape index (κ3) is 3.45. The second-order valence-electron chi connectivity index (χ2n) is 5.56. The lowest BCUT2D eigenvalue weighted by molar-refractivity contribution is 0.0929. The van der Waals surface area contributed by atoms with Crippen molar-refractivity contribution < 1.29 is 13.6 Å². The van der Waals surface area contributed by atoms with Crippen molar-refractivity contribution in [1.82, 2.24) is 5.43 Å². The Morgan fingerprint density at radius 1 is 1.00 bits per heavy atom. The largest absolute Gasteiger partial charge is 0.455 e. The first-order chi connectivity index (χ1) is 12.7. The predicted octanol–water partition coefficient (Wildman–Crippen LogP) is 5.22. The van der Waals surface area contributed by atoms with Crippen LogP contribution in [0.15, 0.2) is 85.1 Å². The van der Waals surface area contributed by atoms with Crippen molar-refractivity contribution in [2.24, 2.45) is 5.10 Å². The SMILES string of the molecule is O=C(N/N=C\c1ccc(-c2ccc(Br)cc2)o1)c1cc2ccccc2o1. The summed E-state index contributed by atoms with van der Waals surface area (Å²) in [5.74, 6) is 1.05. The maximum Gasteiger partial charge on any atom is 0.307 e. The zero-order valence-electron chi connectivity index (χ0n) is 13.5. The Morgan fingerprint density at radius 2 is 1.81 bits per heavy atom. The van der Waals surface area contributed by atoms with Gasteiger partial charge in [-0.15, -0.1) is 0 Å². The van der Waals surface area contributed by atoms with E-state index < -0.39 is 5.91 Å². The second kappa shape index (κ2) is 7.01. The van der Waals surface area contributed by atoms with Gasteiger partial charge in [0.2, 0.25) is 0 Å². The Morgan fingerprint density at radius 3 is 2.62 bits per heavy atom. The molecule has 2 heterocycles. The third-order valence-corrected chi connectivity index (χ3v) is 4.29. The van der Waals surface area contributed by atoms with Gasteiger partial charge in [0, 0.05) is 15.4 Å². The lowest BCUT2D eigenvalue weighted by atomic mass is 10.2. The average molecular weight is 409 g/mol. The Hall–Kier alpha value is -3.12. The third-order valence-electron chi connectivity index (χ3n) is 3.76. The van der Waals surface area contributed by atoms with Crippen molar-refractivity contribution in [3.05, 3.63) is 82.7 Å². The molecule has 0 unspecified atom stereocenters. The maximum absolute atomic E-state index is 12.1. The molecule has 0 aliphatic heterocycles. The molecule has 0 atom stereocenters. The quantitative estimate of drug-likeness (QED) is 0.371. The molecule has 0 fully saturated rings. The number of hydrogen-bond acceptors (Lipinski definition) is 4. The molecule has 2 aromatic heterocycles. The van der Waals surface area contributed by atoms with Gasteiger partial charge in [-0.3, -0.25) is 4.79 Å². The van der Waals surface area contributed by atoms with E-state index in [1.54, 1.807) is 12.1 Å². The van der Waals surface area contributed by atoms with Gasteiger partial charge in [0.05, 0.1) is 6.21 Å². The number of fused-ring (bicyclic) bond motifs is 1. The summed E-state index contributed by atoms with van der Waals surface area (Å²) >= 11 is 3.40. The maximum atomic E-state index is 12.1. The van der Waals surface area contributed by atoms with Gasteiger partial charge in [0.1, 0.15) is 17.1 Å². The van der Waals surface area contributed by atoms with Gasteiger partial charge < -0.3 is 8.83 Å². The number of furan rings is 2. The molecule has 1 N–H and O–H groups in total. The molecule has 0 bridgehead atoms. The summed E-state index contributed by atoms with van der Waals surface area (Å²) in [6.45, 7) is 0. The van der Waals surface area contributed by atoms with Crippen molar-refractivity contribution >= 4 is 39.0 Å². The van der Waals surface area contributed by atoms with Crippen LogP contribution in [-0.2, 0) is 0 Å². The molecule has 1 amide bonds. The molecule has 0 spiro atoms. The lowest BCUT2D eigenvalue weighted by Gasteiger charge is -1.96. The van der Waals surface area contributed by atoms with Crippen LogP contribution in [0.5, 0.6) is 0 Å². The molecule has 26 heavy (non-hydrogen) atoms. The number of hydrazone groups is 1. The number of nitrogens with one attached hydrogen (secondary N) is 1. The first-order valence-electron chi connectivity index (χ1n) is 7.87. The van der Waals surface area contributed by atoms with Crippen LogP contribution in [0.25, 0.3) is 22.3 Å². The van der Waals surface area contributed by atoms with Gasteiger partial charge in [-0.05, 0) is 36.4 Å². The number of benzene rings is 2.